The van der Waals surface area contributed by atoms with Crippen molar-refractivity contribution in [1.29, 1.82) is 0 Å². The Labute approximate surface area is 196 Å². The average molecular weight is 455 g/mol. The SMILES string of the molecule is O=C(NCCC#Cc1cc(C(=O)O)ccc1C(=O)O)OCC1c2ccccc2-c2ccccc21. The monoisotopic (exact) mass is 455 g/mol. The molecule has 1 amide bonds. The van der Waals surface area contributed by atoms with Crippen molar-refractivity contribution in [1.82, 2.24) is 5.32 Å². The number of rotatable bonds is 6. The molecule has 0 aromatic heterocycles. The van der Waals surface area contributed by atoms with Gasteiger partial charge < -0.3 is 20.3 Å². The molecule has 0 spiro atoms. The third kappa shape index (κ3) is 4.76. The number of alkyl carbamates (subject to hydrolysis) is 1. The highest BCUT2D eigenvalue weighted by molar-refractivity contribution is 5.94. The zero-order valence-corrected chi connectivity index (χ0v) is 18.1. The summed E-state index contributed by atoms with van der Waals surface area (Å²) in [4.78, 5) is 34.6. The van der Waals surface area contributed by atoms with Crippen LogP contribution in [-0.2, 0) is 4.74 Å². The number of carboxylic acids is 2. The average Bonchev–Trinajstić information content (AvgIpc) is 3.16. The van der Waals surface area contributed by atoms with E-state index in [1.807, 2.05) is 36.4 Å². The number of hydrogen-bond donors (Lipinski definition) is 3. The Balaban J connectivity index is 1.32. The lowest BCUT2D eigenvalue weighted by molar-refractivity contribution is 0.0681. The highest BCUT2D eigenvalue weighted by Crippen LogP contribution is 2.44. The molecule has 1 aliphatic rings. The third-order valence-electron chi connectivity index (χ3n) is 5.58. The molecule has 3 N–H and O–H groups in total. The molecule has 3 aromatic carbocycles. The Morgan fingerprint density at radius 1 is 0.882 bits per heavy atom. The molecule has 0 saturated carbocycles. The molecule has 0 bridgehead atoms. The van der Waals surface area contributed by atoms with Gasteiger partial charge in [0.15, 0.2) is 0 Å². The van der Waals surface area contributed by atoms with E-state index >= 15 is 0 Å². The maximum atomic E-state index is 12.2. The Bertz CT molecular complexity index is 1290. The van der Waals surface area contributed by atoms with E-state index in [1.54, 1.807) is 0 Å². The second-order valence-electron chi connectivity index (χ2n) is 7.67. The van der Waals surface area contributed by atoms with Crippen molar-refractivity contribution in [3.05, 3.63) is 94.5 Å². The van der Waals surface area contributed by atoms with Crippen LogP contribution in [0.15, 0.2) is 66.7 Å². The number of carboxylic acid groups (broad SMARTS) is 2. The number of ether oxygens (including phenoxy) is 1. The Hall–Kier alpha value is -4.57. The molecular weight excluding hydrogens is 434 g/mol. The predicted octanol–water partition coefficient (Wildman–Crippen LogP) is 4.36. The van der Waals surface area contributed by atoms with Crippen LogP contribution in [0.3, 0.4) is 0 Å². The Morgan fingerprint density at radius 2 is 1.53 bits per heavy atom. The van der Waals surface area contributed by atoms with E-state index in [2.05, 4.69) is 29.3 Å². The fourth-order valence-electron chi connectivity index (χ4n) is 4.00. The van der Waals surface area contributed by atoms with Gasteiger partial charge in [-0.25, -0.2) is 14.4 Å². The maximum Gasteiger partial charge on any atom is 0.407 e. The van der Waals surface area contributed by atoms with E-state index in [0.29, 0.717) is 0 Å². The third-order valence-corrected chi connectivity index (χ3v) is 5.58. The van der Waals surface area contributed by atoms with E-state index in [9.17, 15) is 19.5 Å². The summed E-state index contributed by atoms with van der Waals surface area (Å²) in [5.74, 6) is 3.04. The largest absolute Gasteiger partial charge is 0.478 e. The summed E-state index contributed by atoms with van der Waals surface area (Å²) < 4.78 is 5.46. The van der Waals surface area contributed by atoms with Gasteiger partial charge in [0.2, 0.25) is 0 Å². The summed E-state index contributed by atoms with van der Waals surface area (Å²) in [6, 6.07) is 19.8. The lowest BCUT2D eigenvalue weighted by atomic mass is 9.98. The van der Waals surface area contributed by atoms with Gasteiger partial charge >= 0.3 is 18.0 Å². The molecule has 0 heterocycles. The topological polar surface area (TPSA) is 113 Å². The highest BCUT2D eigenvalue weighted by Gasteiger charge is 2.28. The van der Waals surface area contributed by atoms with Crippen molar-refractivity contribution >= 4 is 18.0 Å². The molecule has 170 valence electrons. The van der Waals surface area contributed by atoms with E-state index in [4.69, 9.17) is 9.84 Å². The second-order valence-corrected chi connectivity index (χ2v) is 7.67. The van der Waals surface area contributed by atoms with Crippen LogP contribution in [0.2, 0.25) is 0 Å². The van der Waals surface area contributed by atoms with Crippen molar-refractivity contribution in [2.75, 3.05) is 13.2 Å². The van der Waals surface area contributed by atoms with Crippen molar-refractivity contribution in [3.63, 3.8) is 0 Å². The quantitative estimate of drug-likeness (QED) is 0.376. The number of carbonyl (C=O) groups is 3. The van der Waals surface area contributed by atoms with Crippen LogP contribution < -0.4 is 5.32 Å². The van der Waals surface area contributed by atoms with Crippen LogP contribution in [0.4, 0.5) is 4.79 Å². The van der Waals surface area contributed by atoms with Crippen molar-refractivity contribution in [2.45, 2.75) is 12.3 Å². The van der Waals surface area contributed by atoms with E-state index < -0.39 is 18.0 Å². The van der Waals surface area contributed by atoms with Crippen molar-refractivity contribution in [3.8, 4) is 23.0 Å². The predicted molar refractivity (Wildman–Crippen MR) is 125 cm³/mol. The normalized spacial score (nSPS) is 11.5. The molecule has 34 heavy (non-hydrogen) atoms. The molecule has 0 atom stereocenters. The fourth-order valence-corrected chi connectivity index (χ4v) is 4.00. The molecule has 4 rings (SSSR count). The zero-order valence-electron chi connectivity index (χ0n) is 18.1. The molecule has 0 radical (unpaired) electrons. The summed E-state index contributed by atoms with van der Waals surface area (Å²) in [5.41, 5.74) is 4.52. The van der Waals surface area contributed by atoms with Crippen LogP contribution in [-0.4, -0.2) is 41.4 Å². The van der Waals surface area contributed by atoms with Gasteiger partial charge in [0.1, 0.15) is 6.61 Å². The summed E-state index contributed by atoms with van der Waals surface area (Å²) in [6.45, 7) is 0.403. The van der Waals surface area contributed by atoms with Crippen LogP contribution in [0, 0.1) is 11.8 Å². The zero-order chi connectivity index (χ0) is 24.1. The molecule has 0 saturated heterocycles. The minimum absolute atomic E-state index is 0.0334. The molecule has 7 nitrogen and oxygen atoms in total. The number of fused-ring (bicyclic) bond motifs is 3. The molecule has 0 fully saturated rings. The summed E-state index contributed by atoms with van der Waals surface area (Å²) in [7, 11) is 0. The number of nitrogens with one attached hydrogen (secondary N) is 1. The molecule has 0 unspecified atom stereocenters. The van der Waals surface area contributed by atoms with Gasteiger partial charge in [0, 0.05) is 24.4 Å². The summed E-state index contributed by atoms with van der Waals surface area (Å²) >= 11 is 0. The first kappa shape index (κ1) is 22.6. The first-order valence-electron chi connectivity index (χ1n) is 10.6. The first-order chi connectivity index (χ1) is 16.5. The van der Waals surface area contributed by atoms with E-state index in [1.165, 1.54) is 18.2 Å². The number of amides is 1. The second kappa shape index (κ2) is 9.92. The fraction of sp³-hybridized carbons (Fsp3) is 0.148. The van der Waals surface area contributed by atoms with Crippen LogP contribution >= 0.6 is 0 Å². The lowest BCUT2D eigenvalue weighted by Gasteiger charge is -2.14. The Kier molecular flexibility index (Phi) is 6.60. The lowest BCUT2D eigenvalue weighted by Crippen LogP contribution is -2.26. The smallest absolute Gasteiger partial charge is 0.407 e. The van der Waals surface area contributed by atoms with Crippen LogP contribution in [0.5, 0.6) is 0 Å². The van der Waals surface area contributed by atoms with Gasteiger partial charge in [0.25, 0.3) is 0 Å². The van der Waals surface area contributed by atoms with Gasteiger partial charge in [0.05, 0.1) is 11.1 Å². The number of aromatic carboxylic acids is 2. The van der Waals surface area contributed by atoms with Crippen molar-refractivity contribution < 1.29 is 29.3 Å². The maximum absolute atomic E-state index is 12.2. The summed E-state index contributed by atoms with van der Waals surface area (Å²) in [5, 5.41) is 21.0. The van der Waals surface area contributed by atoms with E-state index in [-0.39, 0.29) is 42.2 Å². The molecule has 7 heteroatoms. The van der Waals surface area contributed by atoms with Crippen LogP contribution in [0.25, 0.3) is 11.1 Å². The molecule has 0 aliphatic heterocycles. The highest BCUT2D eigenvalue weighted by atomic mass is 16.5. The van der Waals surface area contributed by atoms with Gasteiger partial charge in [-0.05, 0) is 40.5 Å². The number of carbonyl (C=O) groups excluding carboxylic acids is 1. The van der Waals surface area contributed by atoms with Gasteiger partial charge in [-0.15, -0.1) is 0 Å². The first-order valence-corrected chi connectivity index (χ1v) is 10.6. The number of benzene rings is 3. The van der Waals surface area contributed by atoms with Crippen LogP contribution in [0.1, 0.15) is 49.7 Å². The van der Waals surface area contributed by atoms with Gasteiger partial charge in [-0.3, -0.25) is 0 Å². The van der Waals surface area contributed by atoms with E-state index in [0.717, 1.165) is 22.3 Å². The molecule has 3 aromatic rings. The van der Waals surface area contributed by atoms with Gasteiger partial charge in [-0.1, -0.05) is 60.4 Å². The van der Waals surface area contributed by atoms with Crippen molar-refractivity contribution in [2.24, 2.45) is 0 Å². The van der Waals surface area contributed by atoms with Gasteiger partial charge in [-0.2, -0.15) is 0 Å². The minimum atomic E-state index is -1.20. The molecular formula is C27H21NO6. The molecule has 1 aliphatic carbocycles. The standard InChI is InChI=1S/C27H21NO6/c29-25(30)18-12-13-19(26(31)32)17(15-18)7-5-6-14-28-27(33)34-16-24-22-10-3-1-8-20(22)21-9-2-4-11-23(21)24/h1-4,8-13,15,24H,6,14,16H2,(H,28,33)(H,29,30)(H,31,32). The Morgan fingerprint density at radius 3 is 2.15 bits per heavy atom. The summed E-state index contributed by atoms with van der Waals surface area (Å²) in [6.07, 6.45) is -0.330. The number of hydrogen-bond acceptors (Lipinski definition) is 4. The minimum Gasteiger partial charge on any atom is -0.478 e.